The summed E-state index contributed by atoms with van der Waals surface area (Å²) in [6.07, 6.45) is -3.77. The van der Waals surface area contributed by atoms with Gasteiger partial charge in [-0.15, -0.1) is 0 Å². The van der Waals surface area contributed by atoms with Crippen molar-refractivity contribution in [3.63, 3.8) is 0 Å². The predicted molar refractivity (Wildman–Crippen MR) is 90.3 cm³/mol. The summed E-state index contributed by atoms with van der Waals surface area (Å²) in [5.74, 6) is 0. The fraction of sp³-hybridized carbons (Fsp3) is 0.316. The van der Waals surface area contributed by atoms with E-state index in [0.717, 1.165) is 28.3 Å². The lowest BCUT2D eigenvalue weighted by molar-refractivity contribution is -0.141. The number of alkyl halides is 3. The molecule has 0 saturated heterocycles. The number of hydrogen-bond acceptors (Lipinski definition) is 2. The second kappa shape index (κ2) is 6.52. The average Bonchev–Trinajstić information content (AvgIpc) is 2.91. The number of halogens is 3. The number of benzene rings is 2. The monoisotopic (exact) mass is 348 g/mol. The smallest absolute Gasteiger partial charge is 0.390 e. The molecular formula is C19H19F3N2O. The Morgan fingerprint density at radius 3 is 2.48 bits per heavy atom. The Bertz CT molecular complexity index is 913. The van der Waals surface area contributed by atoms with E-state index in [0.29, 0.717) is 0 Å². The van der Waals surface area contributed by atoms with E-state index in [1.807, 2.05) is 43.3 Å². The Hall–Kier alpha value is -2.34. The summed E-state index contributed by atoms with van der Waals surface area (Å²) in [7, 11) is 0. The third kappa shape index (κ3) is 3.14. The van der Waals surface area contributed by atoms with Gasteiger partial charge in [-0.25, -0.2) is 0 Å². The van der Waals surface area contributed by atoms with Crippen molar-refractivity contribution in [1.29, 1.82) is 0 Å². The van der Waals surface area contributed by atoms with Crippen LogP contribution in [-0.4, -0.2) is 14.9 Å². The fourth-order valence-electron chi connectivity index (χ4n) is 3.24. The maximum atomic E-state index is 13.2. The topological polar surface area (TPSA) is 38.0 Å². The van der Waals surface area contributed by atoms with E-state index in [-0.39, 0.29) is 17.8 Å². The van der Waals surface area contributed by atoms with Crippen LogP contribution in [0.2, 0.25) is 0 Å². The molecule has 0 saturated carbocycles. The van der Waals surface area contributed by atoms with Crippen LogP contribution in [0, 0.1) is 6.92 Å². The Kier molecular flexibility index (Phi) is 4.56. The zero-order chi connectivity index (χ0) is 18.2. The summed E-state index contributed by atoms with van der Waals surface area (Å²) in [4.78, 5) is 0. The number of hydrogen-bond donors (Lipinski definition) is 1. The van der Waals surface area contributed by atoms with Gasteiger partial charge < -0.3 is 5.11 Å². The molecule has 1 N–H and O–H groups in total. The van der Waals surface area contributed by atoms with Crippen LogP contribution in [0.25, 0.3) is 10.8 Å². The molecule has 3 nitrogen and oxygen atoms in total. The predicted octanol–water partition coefficient (Wildman–Crippen LogP) is 4.47. The molecule has 0 unspecified atom stereocenters. The van der Waals surface area contributed by atoms with Gasteiger partial charge >= 0.3 is 6.18 Å². The third-order valence-electron chi connectivity index (χ3n) is 4.57. The van der Waals surface area contributed by atoms with Gasteiger partial charge in [-0.05, 0) is 35.2 Å². The first kappa shape index (κ1) is 17.5. The van der Waals surface area contributed by atoms with Crippen LogP contribution in [0.15, 0.2) is 36.4 Å². The zero-order valence-corrected chi connectivity index (χ0v) is 14.1. The number of nitrogens with zero attached hydrogens (tertiary/aromatic N) is 2. The Morgan fingerprint density at radius 1 is 1.12 bits per heavy atom. The summed E-state index contributed by atoms with van der Waals surface area (Å²) in [5, 5.41) is 15.3. The lowest BCUT2D eigenvalue weighted by Crippen LogP contribution is -2.11. The van der Waals surface area contributed by atoms with Crippen molar-refractivity contribution in [2.75, 3.05) is 0 Å². The molecule has 6 heteroatoms. The number of aliphatic hydroxyl groups excluding tert-OH is 1. The number of aliphatic hydroxyl groups is 1. The molecule has 1 aromatic heterocycles. The fourth-order valence-corrected chi connectivity index (χ4v) is 3.24. The summed E-state index contributed by atoms with van der Waals surface area (Å²) >= 11 is 0. The molecule has 0 radical (unpaired) electrons. The molecular weight excluding hydrogens is 329 g/mol. The maximum Gasteiger partial charge on any atom is 0.435 e. The van der Waals surface area contributed by atoms with Crippen molar-refractivity contribution in [2.24, 2.45) is 0 Å². The third-order valence-corrected chi connectivity index (χ3v) is 4.57. The van der Waals surface area contributed by atoms with Gasteiger partial charge in [0.15, 0.2) is 5.69 Å². The highest BCUT2D eigenvalue weighted by molar-refractivity contribution is 5.86. The van der Waals surface area contributed by atoms with Crippen molar-refractivity contribution >= 4 is 10.8 Å². The van der Waals surface area contributed by atoms with E-state index in [9.17, 15) is 18.3 Å². The average molecular weight is 348 g/mol. The van der Waals surface area contributed by atoms with Crippen molar-refractivity contribution in [1.82, 2.24) is 9.78 Å². The second-order valence-corrected chi connectivity index (χ2v) is 6.01. The Labute approximate surface area is 143 Å². The zero-order valence-electron chi connectivity index (χ0n) is 14.1. The molecule has 0 aliphatic carbocycles. The van der Waals surface area contributed by atoms with Crippen LogP contribution in [-0.2, 0) is 25.7 Å². The molecule has 0 atom stereocenters. The normalized spacial score (nSPS) is 12.1. The molecule has 0 bridgehead atoms. The van der Waals surface area contributed by atoms with E-state index < -0.39 is 18.5 Å². The van der Waals surface area contributed by atoms with E-state index in [2.05, 4.69) is 5.10 Å². The molecule has 3 rings (SSSR count). The van der Waals surface area contributed by atoms with Gasteiger partial charge in [0.05, 0.1) is 18.8 Å². The number of aryl methyl sites for hydroxylation is 1. The standard InChI is InChI=1S/C19H19F3N2O/c1-3-13-8-9-14-6-4-5-7-15(14)16(13)10-24-17(11-25)12(2)18(23-24)19(20,21)22/h4-9,25H,3,10-11H2,1-2H3. The van der Waals surface area contributed by atoms with Gasteiger partial charge in [-0.3, -0.25) is 4.68 Å². The van der Waals surface area contributed by atoms with Crippen molar-refractivity contribution in [3.8, 4) is 0 Å². The molecule has 3 aromatic rings. The molecule has 25 heavy (non-hydrogen) atoms. The SMILES string of the molecule is CCc1ccc2ccccc2c1Cn1nc(C(F)(F)F)c(C)c1CO. The van der Waals surface area contributed by atoms with Gasteiger partial charge in [-0.2, -0.15) is 18.3 Å². The quantitative estimate of drug-likeness (QED) is 0.756. The molecule has 2 aromatic carbocycles. The van der Waals surface area contributed by atoms with Gasteiger partial charge in [0.2, 0.25) is 0 Å². The molecule has 0 aliphatic heterocycles. The van der Waals surface area contributed by atoms with Gasteiger partial charge in [0, 0.05) is 5.56 Å². The Morgan fingerprint density at radius 2 is 1.84 bits per heavy atom. The van der Waals surface area contributed by atoms with Gasteiger partial charge in [0.25, 0.3) is 0 Å². The Balaban J connectivity index is 2.16. The van der Waals surface area contributed by atoms with Crippen LogP contribution in [0.5, 0.6) is 0 Å². The van der Waals surface area contributed by atoms with E-state index in [4.69, 9.17) is 0 Å². The van der Waals surface area contributed by atoms with Crippen molar-refractivity contribution < 1.29 is 18.3 Å². The first-order valence-electron chi connectivity index (χ1n) is 8.10. The minimum absolute atomic E-state index is 0.0201. The molecule has 0 aliphatic rings. The number of fused-ring (bicyclic) bond motifs is 1. The molecule has 0 spiro atoms. The van der Waals surface area contributed by atoms with Crippen molar-refractivity contribution in [2.45, 2.75) is 39.6 Å². The summed E-state index contributed by atoms with van der Waals surface area (Å²) < 4.78 is 40.8. The summed E-state index contributed by atoms with van der Waals surface area (Å²) in [5.41, 5.74) is 1.24. The molecule has 1 heterocycles. The molecule has 0 fully saturated rings. The minimum Gasteiger partial charge on any atom is -0.390 e. The van der Waals surface area contributed by atoms with Crippen molar-refractivity contribution in [3.05, 3.63) is 64.5 Å². The first-order valence-corrected chi connectivity index (χ1v) is 8.10. The highest BCUT2D eigenvalue weighted by Crippen LogP contribution is 2.33. The van der Waals surface area contributed by atoms with Gasteiger partial charge in [-0.1, -0.05) is 43.3 Å². The van der Waals surface area contributed by atoms with Gasteiger partial charge in [0.1, 0.15) is 0 Å². The van der Waals surface area contributed by atoms with E-state index >= 15 is 0 Å². The highest BCUT2D eigenvalue weighted by atomic mass is 19.4. The molecule has 0 amide bonds. The highest BCUT2D eigenvalue weighted by Gasteiger charge is 2.37. The van der Waals surface area contributed by atoms with Crippen LogP contribution < -0.4 is 0 Å². The second-order valence-electron chi connectivity index (χ2n) is 6.01. The molecule has 132 valence electrons. The largest absolute Gasteiger partial charge is 0.435 e. The van der Waals surface area contributed by atoms with Crippen LogP contribution in [0.3, 0.4) is 0 Å². The number of rotatable bonds is 4. The van der Waals surface area contributed by atoms with E-state index in [1.165, 1.54) is 11.6 Å². The van der Waals surface area contributed by atoms with Crippen LogP contribution >= 0.6 is 0 Å². The maximum absolute atomic E-state index is 13.2. The summed E-state index contributed by atoms with van der Waals surface area (Å²) in [6.45, 7) is 3.07. The van der Waals surface area contributed by atoms with E-state index in [1.54, 1.807) is 0 Å². The summed E-state index contributed by atoms with van der Waals surface area (Å²) in [6, 6.07) is 11.8. The first-order chi connectivity index (χ1) is 11.9. The van der Waals surface area contributed by atoms with Crippen LogP contribution in [0.1, 0.15) is 35.0 Å². The lowest BCUT2D eigenvalue weighted by atomic mass is 9.97. The van der Waals surface area contributed by atoms with Crippen LogP contribution in [0.4, 0.5) is 13.2 Å². The lowest BCUT2D eigenvalue weighted by Gasteiger charge is -2.14. The number of aromatic nitrogens is 2. The minimum atomic E-state index is -4.54.